The van der Waals surface area contributed by atoms with Crippen LogP contribution in [0.1, 0.15) is 34.5 Å². The molecule has 1 aromatic carbocycles. The van der Waals surface area contributed by atoms with E-state index in [1.165, 1.54) is 37.2 Å². The van der Waals surface area contributed by atoms with E-state index >= 15 is 0 Å². The van der Waals surface area contributed by atoms with E-state index in [4.69, 9.17) is 0 Å². The zero-order chi connectivity index (χ0) is 13.2. The van der Waals surface area contributed by atoms with Gasteiger partial charge in [0.05, 0.1) is 5.56 Å². The van der Waals surface area contributed by atoms with E-state index in [1.807, 2.05) is 12.1 Å². The molecule has 1 aliphatic rings. The molecule has 0 saturated carbocycles. The number of likely N-dealkylation sites (tertiary alicyclic amines) is 1. The van der Waals surface area contributed by atoms with Crippen molar-refractivity contribution >= 4 is 27.4 Å². The number of carboxylic acid groups (broad SMARTS) is 1. The van der Waals surface area contributed by atoms with Gasteiger partial charge in [-0.3, -0.25) is 4.90 Å². The minimum Gasteiger partial charge on any atom is -0.478 e. The maximum absolute atomic E-state index is 11.2. The number of thiophene rings is 1. The van der Waals surface area contributed by atoms with Crippen LogP contribution in [0.5, 0.6) is 0 Å². The molecule has 0 atom stereocenters. The highest BCUT2D eigenvalue weighted by Crippen LogP contribution is 2.29. The second-order valence-corrected chi connectivity index (χ2v) is 6.24. The number of hydrogen-bond donors (Lipinski definition) is 1. The van der Waals surface area contributed by atoms with Gasteiger partial charge in [-0.1, -0.05) is 12.5 Å². The second kappa shape index (κ2) is 5.31. The van der Waals surface area contributed by atoms with Gasteiger partial charge < -0.3 is 5.11 Å². The van der Waals surface area contributed by atoms with Crippen LogP contribution in [0.2, 0.25) is 0 Å². The SMILES string of the molecule is O=C(O)c1cccc2sc(CN3CCCCC3)cc12. The summed E-state index contributed by atoms with van der Waals surface area (Å²) < 4.78 is 1.08. The van der Waals surface area contributed by atoms with Crippen LogP contribution >= 0.6 is 11.3 Å². The molecule has 4 heteroatoms. The summed E-state index contributed by atoms with van der Waals surface area (Å²) in [6.07, 6.45) is 3.91. The Morgan fingerprint density at radius 1 is 1.26 bits per heavy atom. The van der Waals surface area contributed by atoms with Gasteiger partial charge in [-0.25, -0.2) is 4.79 Å². The summed E-state index contributed by atoms with van der Waals surface area (Å²) in [4.78, 5) is 14.9. The summed E-state index contributed by atoms with van der Waals surface area (Å²) in [6, 6.07) is 7.57. The lowest BCUT2D eigenvalue weighted by molar-refractivity contribution is 0.0699. The van der Waals surface area contributed by atoms with Gasteiger partial charge in [0.1, 0.15) is 0 Å². The van der Waals surface area contributed by atoms with E-state index in [1.54, 1.807) is 17.4 Å². The van der Waals surface area contributed by atoms with Crippen molar-refractivity contribution in [1.29, 1.82) is 0 Å². The molecule has 1 fully saturated rings. The van der Waals surface area contributed by atoms with Gasteiger partial charge >= 0.3 is 5.97 Å². The van der Waals surface area contributed by atoms with E-state index in [2.05, 4.69) is 11.0 Å². The first-order valence-electron chi connectivity index (χ1n) is 6.71. The molecule has 19 heavy (non-hydrogen) atoms. The molecule has 1 saturated heterocycles. The van der Waals surface area contributed by atoms with Crippen molar-refractivity contribution in [2.45, 2.75) is 25.8 Å². The Labute approximate surface area is 116 Å². The van der Waals surface area contributed by atoms with Gasteiger partial charge in [0.2, 0.25) is 0 Å². The van der Waals surface area contributed by atoms with Crippen LogP contribution in [0, 0.1) is 0 Å². The molecule has 1 aromatic heterocycles. The average molecular weight is 275 g/mol. The zero-order valence-corrected chi connectivity index (χ0v) is 11.6. The number of carbonyl (C=O) groups is 1. The predicted octanol–water partition coefficient (Wildman–Crippen LogP) is 3.59. The first-order chi connectivity index (χ1) is 9.24. The summed E-state index contributed by atoms with van der Waals surface area (Å²) >= 11 is 1.72. The number of carboxylic acids is 1. The first-order valence-corrected chi connectivity index (χ1v) is 7.53. The van der Waals surface area contributed by atoms with E-state index in [0.717, 1.165) is 16.6 Å². The van der Waals surface area contributed by atoms with Crippen molar-refractivity contribution in [3.05, 3.63) is 34.7 Å². The number of rotatable bonds is 3. The maximum atomic E-state index is 11.2. The van der Waals surface area contributed by atoms with Crippen molar-refractivity contribution < 1.29 is 9.90 Å². The van der Waals surface area contributed by atoms with Crippen LogP contribution in [0.15, 0.2) is 24.3 Å². The van der Waals surface area contributed by atoms with Crippen molar-refractivity contribution in [3.8, 4) is 0 Å². The minimum atomic E-state index is -0.840. The smallest absolute Gasteiger partial charge is 0.336 e. The Kier molecular flexibility index (Phi) is 3.53. The monoisotopic (exact) mass is 275 g/mol. The molecular weight excluding hydrogens is 258 g/mol. The number of nitrogens with zero attached hydrogens (tertiary/aromatic N) is 1. The summed E-state index contributed by atoms with van der Waals surface area (Å²) in [5.74, 6) is -0.840. The Hall–Kier alpha value is -1.39. The van der Waals surface area contributed by atoms with Crippen molar-refractivity contribution in [1.82, 2.24) is 4.90 Å². The topological polar surface area (TPSA) is 40.5 Å². The zero-order valence-electron chi connectivity index (χ0n) is 10.8. The van der Waals surface area contributed by atoms with Crippen LogP contribution in [-0.2, 0) is 6.54 Å². The van der Waals surface area contributed by atoms with E-state index < -0.39 is 5.97 Å². The average Bonchev–Trinajstić information content (AvgIpc) is 2.81. The van der Waals surface area contributed by atoms with Crippen LogP contribution in [0.3, 0.4) is 0 Å². The van der Waals surface area contributed by atoms with Crippen LogP contribution < -0.4 is 0 Å². The Morgan fingerprint density at radius 3 is 2.79 bits per heavy atom. The third kappa shape index (κ3) is 2.65. The fourth-order valence-corrected chi connectivity index (χ4v) is 3.85. The van der Waals surface area contributed by atoms with Crippen LogP contribution in [0.25, 0.3) is 10.1 Å². The number of aromatic carboxylic acids is 1. The standard InChI is InChI=1S/C15H17NO2S/c17-15(18)12-5-4-6-14-13(12)9-11(19-14)10-16-7-2-1-3-8-16/h4-6,9H,1-3,7-8,10H2,(H,17,18). The van der Waals surface area contributed by atoms with Gasteiger partial charge in [0.25, 0.3) is 0 Å². The Morgan fingerprint density at radius 2 is 2.05 bits per heavy atom. The fourth-order valence-electron chi connectivity index (χ4n) is 2.72. The molecule has 0 aliphatic carbocycles. The molecule has 3 rings (SSSR count). The van der Waals surface area contributed by atoms with Crippen LogP contribution in [-0.4, -0.2) is 29.1 Å². The molecular formula is C15H17NO2S. The molecule has 100 valence electrons. The van der Waals surface area contributed by atoms with E-state index in [0.29, 0.717) is 5.56 Å². The van der Waals surface area contributed by atoms with Crippen molar-refractivity contribution in [2.75, 3.05) is 13.1 Å². The first kappa shape index (κ1) is 12.6. The van der Waals surface area contributed by atoms with Gasteiger partial charge in [0, 0.05) is 21.5 Å². The molecule has 0 amide bonds. The number of fused-ring (bicyclic) bond motifs is 1. The molecule has 0 unspecified atom stereocenters. The largest absolute Gasteiger partial charge is 0.478 e. The third-order valence-corrected chi connectivity index (χ3v) is 4.76. The van der Waals surface area contributed by atoms with Gasteiger partial charge in [-0.15, -0.1) is 11.3 Å². The summed E-state index contributed by atoms with van der Waals surface area (Å²) in [7, 11) is 0. The highest BCUT2D eigenvalue weighted by atomic mass is 32.1. The number of piperidine rings is 1. The molecule has 2 aromatic rings. The quantitative estimate of drug-likeness (QED) is 0.930. The van der Waals surface area contributed by atoms with Crippen molar-refractivity contribution in [2.24, 2.45) is 0 Å². The Balaban J connectivity index is 1.88. The lowest BCUT2D eigenvalue weighted by Crippen LogP contribution is -2.28. The summed E-state index contributed by atoms with van der Waals surface area (Å²) in [5.41, 5.74) is 0.415. The second-order valence-electron chi connectivity index (χ2n) is 5.07. The molecule has 1 N–H and O–H groups in total. The summed E-state index contributed by atoms with van der Waals surface area (Å²) in [5, 5.41) is 10.1. The van der Waals surface area contributed by atoms with E-state index in [9.17, 15) is 9.90 Å². The molecule has 0 radical (unpaired) electrons. The number of benzene rings is 1. The molecule has 1 aliphatic heterocycles. The lowest BCUT2D eigenvalue weighted by atomic mass is 10.1. The number of hydrogen-bond acceptors (Lipinski definition) is 3. The molecule has 0 bridgehead atoms. The fraction of sp³-hybridized carbons (Fsp3) is 0.400. The highest BCUT2D eigenvalue weighted by molar-refractivity contribution is 7.19. The van der Waals surface area contributed by atoms with Gasteiger partial charge in [0.15, 0.2) is 0 Å². The summed E-state index contributed by atoms with van der Waals surface area (Å²) in [6.45, 7) is 3.29. The molecule has 3 nitrogen and oxygen atoms in total. The lowest BCUT2D eigenvalue weighted by Gasteiger charge is -2.25. The molecule has 2 heterocycles. The predicted molar refractivity (Wildman–Crippen MR) is 77.9 cm³/mol. The van der Waals surface area contributed by atoms with Gasteiger partial charge in [-0.2, -0.15) is 0 Å². The third-order valence-electron chi connectivity index (χ3n) is 3.67. The van der Waals surface area contributed by atoms with Crippen molar-refractivity contribution in [3.63, 3.8) is 0 Å². The Bertz CT molecular complexity index is 599. The normalized spacial score (nSPS) is 16.8. The van der Waals surface area contributed by atoms with Crippen LogP contribution in [0.4, 0.5) is 0 Å². The maximum Gasteiger partial charge on any atom is 0.336 e. The minimum absolute atomic E-state index is 0.415. The molecule has 0 spiro atoms. The van der Waals surface area contributed by atoms with Gasteiger partial charge in [-0.05, 0) is 44.1 Å². The van der Waals surface area contributed by atoms with E-state index in [-0.39, 0.29) is 0 Å². The highest BCUT2D eigenvalue weighted by Gasteiger charge is 2.14.